The number of nitriles is 1. The normalized spacial score (nSPS) is 10.8. The van der Waals surface area contributed by atoms with Gasteiger partial charge in [-0.2, -0.15) is 5.26 Å². The van der Waals surface area contributed by atoms with E-state index in [1.54, 1.807) is 23.7 Å². The molecule has 2 aromatic heterocycles. The standard InChI is InChI=1S/C12H8N4O/c1-16-8-4-2-3-7(5-13)9(8)10-11(16)12(17)15-6-14-10/h2-4,6H,1H3,(H,14,15,17). The Kier molecular flexibility index (Phi) is 1.80. The van der Waals surface area contributed by atoms with Crippen LogP contribution in [0.5, 0.6) is 0 Å². The smallest absolute Gasteiger partial charge is 0.275 e. The van der Waals surface area contributed by atoms with E-state index in [4.69, 9.17) is 5.26 Å². The molecule has 5 nitrogen and oxygen atoms in total. The molecule has 0 aliphatic heterocycles. The Balaban J connectivity index is 2.76. The van der Waals surface area contributed by atoms with Crippen molar-refractivity contribution < 1.29 is 0 Å². The summed E-state index contributed by atoms with van der Waals surface area (Å²) in [7, 11) is 1.79. The second-order valence-corrected chi connectivity index (χ2v) is 3.80. The number of nitrogens with zero attached hydrogens (tertiary/aromatic N) is 3. The molecule has 0 saturated heterocycles. The molecule has 3 aromatic rings. The first-order valence-corrected chi connectivity index (χ1v) is 5.09. The van der Waals surface area contributed by atoms with Gasteiger partial charge in [0.2, 0.25) is 0 Å². The summed E-state index contributed by atoms with van der Waals surface area (Å²) in [4.78, 5) is 18.5. The number of H-pyrrole nitrogens is 1. The topological polar surface area (TPSA) is 74.5 Å². The Bertz CT molecular complexity index is 835. The summed E-state index contributed by atoms with van der Waals surface area (Å²) < 4.78 is 1.76. The molecule has 0 fully saturated rings. The van der Waals surface area contributed by atoms with Crippen LogP contribution in [0.2, 0.25) is 0 Å². The lowest BCUT2D eigenvalue weighted by molar-refractivity contribution is 0.992. The zero-order valence-corrected chi connectivity index (χ0v) is 9.06. The zero-order valence-electron chi connectivity index (χ0n) is 9.06. The first kappa shape index (κ1) is 9.60. The summed E-state index contributed by atoms with van der Waals surface area (Å²) in [5, 5.41) is 9.84. The molecule has 0 atom stereocenters. The lowest BCUT2D eigenvalue weighted by Gasteiger charge is -1.95. The van der Waals surface area contributed by atoms with Crippen LogP contribution in [0.1, 0.15) is 5.56 Å². The van der Waals surface area contributed by atoms with E-state index >= 15 is 0 Å². The highest BCUT2D eigenvalue weighted by Gasteiger charge is 2.14. The highest BCUT2D eigenvalue weighted by atomic mass is 16.1. The lowest BCUT2D eigenvalue weighted by Crippen LogP contribution is -2.09. The van der Waals surface area contributed by atoms with Gasteiger partial charge in [-0.05, 0) is 12.1 Å². The van der Waals surface area contributed by atoms with Gasteiger partial charge in [0.25, 0.3) is 5.56 Å². The van der Waals surface area contributed by atoms with E-state index < -0.39 is 0 Å². The maximum absolute atomic E-state index is 11.8. The second-order valence-electron chi connectivity index (χ2n) is 3.80. The zero-order chi connectivity index (χ0) is 12.0. The molecule has 0 aliphatic carbocycles. The first-order chi connectivity index (χ1) is 8.24. The molecule has 0 amide bonds. The molecule has 0 aliphatic rings. The minimum absolute atomic E-state index is 0.197. The van der Waals surface area contributed by atoms with Gasteiger partial charge in [0.15, 0.2) is 0 Å². The lowest BCUT2D eigenvalue weighted by atomic mass is 10.1. The summed E-state index contributed by atoms with van der Waals surface area (Å²) in [5.74, 6) is 0. The van der Waals surface area contributed by atoms with E-state index in [1.165, 1.54) is 6.33 Å². The van der Waals surface area contributed by atoms with E-state index in [1.807, 2.05) is 6.07 Å². The number of fused-ring (bicyclic) bond motifs is 3. The van der Waals surface area contributed by atoms with Crippen LogP contribution in [0.4, 0.5) is 0 Å². The van der Waals surface area contributed by atoms with Crippen molar-refractivity contribution in [3.63, 3.8) is 0 Å². The van der Waals surface area contributed by atoms with Crippen LogP contribution < -0.4 is 5.56 Å². The van der Waals surface area contributed by atoms with Gasteiger partial charge in [-0.25, -0.2) is 4.98 Å². The van der Waals surface area contributed by atoms with Gasteiger partial charge >= 0.3 is 0 Å². The van der Waals surface area contributed by atoms with Crippen LogP contribution in [-0.4, -0.2) is 14.5 Å². The molecule has 0 unspecified atom stereocenters. The van der Waals surface area contributed by atoms with Crippen LogP contribution in [-0.2, 0) is 7.05 Å². The summed E-state index contributed by atoms with van der Waals surface area (Å²) in [6.07, 6.45) is 1.36. The fourth-order valence-corrected chi connectivity index (χ4v) is 2.17. The largest absolute Gasteiger partial charge is 0.338 e. The highest BCUT2D eigenvalue weighted by Crippen LogP contribution is 2.26. The van der Waals surface area contributed by atoms with E-state index in [-0.39, 0.29) is 5.56 Å². The number of benzene rings is 1. The van der Waals surface area contributed by atoms with Gasteiger partial charge in [-0.3, -0.25) is 4.79 Å². The van der Waals surface area contributed by atoms with Crippen molar-refractivity contribution in [2.24, 2.45) is 7.05 Å². The van der Waals surface area contributed by atoms with Crippen LogP contribution >= 0.6 is 0 Å². The molecule has 1 N–H and O–H groups in total. The molecule has 0 saturated carbocycles. The van der Waals surface area contributed by atoms with Gasteiger partial charge in [0.05, 0.1) is 23.5 Å². The molecule has 3 rings (SSSR count). The van der Waals surface area contributed by atoms with E-state index in [0.29, 0.717) is 16.6 Å². The number of hydrogen-bond acceptors (Lipinski definition) is 3. The number of aromatic nitrogens is 3. The van der Waals surface area contributed by atoms with E-state index in [2.05, 4.69) is 16.0 Å². The van der Waals surface area contributed by atoms with Gasteiger partial charge < -0.3 is 9.55 Å². The average molecular weight is 224 g/mol. The summed E-state index contributed by atoms with van der Waals surface area (Å²) in [5.41, 5.74) is 2.24. The van der Waals surface area contributed by atoms with Crippen molar-refractivity contribution in [3.8, 4) is 6.07 Å². The van der Waals surface area contributed by atoms with Gasteiger partial charge in [0.1, 0.15) is 11.0 Å². The molecule has 2 heterocycles. The molecule has 0 spiro atoms. The molecular formula is C12H8N4O. The Morgan fingerprint density at radius 3 is 3.06 bits per heavy atom. The minimum Gasteiger partial charge on any atom is -0.338 e. The Morgan fingerprint density at radius 2 is 2.29 bits per heavy atom. The summed E-state index contributed by atoms with van der Waals surface area (Å²) in [6, 6.07) is 7.53. The quantitative estimate of drug-likeness (QED) is 0.625. The monoisotopic (exact) mass is 224 g/mol. The third-order valence-electron chi connectivity index (χ3n) is 2.93. The number of aromatic amines is 1. The molecule has 5 heteroatoms. The van der Waals surface area contributed by atoms with E-state index in [9.17, 15) is 4.79 Å². The fraction of sp³-hybridized carbons (Fsp3) is 0.0833. The van der Waals surface area contributed by atoms with Crippen LogP contribution in [0.25, 0.3) is 21.9 Å². The molecular weight excluding hydrogens is 216 g/mol. The van der Waals surface area contributed by atoms with E-state index in [0.717, 1.165) is 10.9 Å². The Hall–Kier alpha value is -2.61. The van der Waals surface area contributed by atoms with Crippen molar-refractivity contribution in [3.05, 3.63) is 40.4 Å². The number of rotatable bonds is 0. The summed E-state index contributed by atoms with van der Waals surface area (Å²) in [6.45, 7) is 0. The predicted octanol–water partition coefficient (Wildman–Crippen LogP) is 1.29. The fourth-order valence-electron chi connectivity index (χ4n) is 2.17. The van der Waals surface area contributed by atoms with Crippen molar-refractivity contribution >= 4 is 21.9 Å². The van der Waals surface area contributed by atoms with Crippen LogP contribution in [0.3, 0.4) is 0 Å². The van der Waals surface area contributed by atoms with Gasteiger partial charge in [-0.15, -0.1) is 0 Å². The predicted molar refractivity (Wildman–Crippen MR) is 63.6 cm³/mol. The Morgan fingerprint density at radius 1 is 1.47 bits per heavy atom. The SMILES string of the molecule is Cn1c2cccc(C#N)c2c2nc[nH]c(=O)c21. The minimum atomic E-state index is -0.197. The summed E-state index contributed by atoms with van der Waals surface area (Å²) >= 11 is 0. The molecule has 17 heavy (non-hydrogen) atoms. The number of nitrogens with one attached hydrogen (secondary N) is 1. The second kappa shape index (κ2) is 3.19. The number of aryl methyl sites for hydroxylation is 1. The van der Waals surface area contributed by atoms with Crippen molar-refractivity contribution in [2.75, 3.05) is 0 Å². The first-order valence-electron chi connectivity index (χ1n) is 5.09. The van der Waals surface area contributed by atoms with Crippen molar-refractivity contribution in [2.45, 2.75) is 0 Å². The average Bonchev–Trinajstić information content (AvgIpc) is 2.65. The third kappa shape index (κ3) is 1.12. The Labute approximate surface area is 95.9 Å². The maximum atomic E-state index is 11.8. The molecule has 0 bridgehead atoms. The maximum Gasteiger partial charge on any atom is 0.275 e. The molecule has 82 valence electrons. The number of hydrogen-bond donors (Lipinski definition) is 1. The van der Waals surface area contributed by atoms with Crippen molar-refractivity contribution in [1.82, 2.24) is 14.5 Å². The molecule has 1 aromatic carbocycles. The molecule has 0 radical (unpaired) electrons. The van der Waals surface area contributed by atoms with Crippen LogP contribution in [0, 0.1) is 11.3 Å². The van der Waals surface area contributed by atoms with Crippen LogP contribution in [0.15, 0.2) is 29.3 Å². The van der Waals surface area contributed by atoms with Gasteiger partial charge in [0, 0.05) is 12.4 Å². The highest BCUT2D eigenvalue weighted by molar-refractivity contribution is 6.08. The van der Waals surface area contributed by atoms with Crippen molar-refractivity contribution in [1.29, 1.82) is 5.26 Å². The van der Waals surface area contributed by atoms with Gasteiger partial charge in [-0.1, -0.05) is 6.07 Å². The third-order valence-corrected chi connectivity index (χ3v) is 2.93.